The van der Waals surface area contributed by atoms with Gasteiger partial charge in [-0.2, -0.15) is 0 Å². The van der Waals surface area contributed by atoms with Crippen molar-refractivity contribution in [1.29, 1.82) is 0 Å². The molecule has 0 aliphatic carbocycles. The zero-order valence-electron chi connectivity index (χ0n) is 20.0. The highest BCUT2D eigenvalue weighted by atomic mass is 32.2. The molecular formula is C28H43NS. The molecule has 0 bridgehead atoms. The lowest BCUT2D eigenvalue weighted by Gasteiger charge is -2.16. The van der Waals surface area contributed by atoms with Gasteiger partial charge in [0.25, 0.3) is 0 Å². The van der Waals surface area contributed by atoms with Gasteiger partial charge < -0.3 is 5.32 Å². The molecule has 0 spiro atoms. The van der Waals surface area contributed by atoms with Gasteiger partial charge in [-0.05, 0) is 86.0 Å². The molecule has 1 aromatic carbocycles. The Morgan fingerprint density at radius 1 is 1.17 bits per heavy atom. The Bertz CT molecular complexity index is 728. The van der Waals surface area contributed by atoms with E-state index in [0.29, 0.717) is 5.92 Å². The Kier molecular flexibility index (Phi) is 12.6. The molecule has 1 rings (SSSR count). The van der Waals surface area contributed by atoms with Gasteiger partial charge in [-0.15, -0.1) is 0 Å². The van der Waals surface area contributed by atoms with Gasteiger partial charge in [-0.3, -0.25) is 0 Å². The standard InChI is InChI=1S/C28H43NS/c1-9-13-22(5)25(8)30-28-19-18-26(20-23(28)6)17-16-21(4)14-12-15-24(7)29-27(10-2)11-3/h10-11,18-22,29H,2,7-9,12-17H2,1,3-6H3/b27-11+. The van der Waals surface area contributed by atoms with Crippen LogP contribution in [0.2, 0.25) is 0 Å². The molecule has 0 heterocycles. The topological polar surface area (TPSA) is 12.0 Å². The summed E-state index contributed by atoms with van der Waals surface area (Å²) in [7, 11) is 0. The highest BCUT2D eigenvalue weighted by Crippen LogP contribution is 2.35. The third-order valence-electron chi connectivity index (χ3n) is 5.71. The number of hydrogen-bond donors (Lipinski definition) is 1. The van der Waals surface area contributed by atoms with Gasteiger partial charge in [-0.1, -0.05) is 83.3 Å². The van der Waals surface area contributed by atoms with Crippen molar-refractivity contribution >= 4 is 11.8 Å². The second-order valence-electron chi connectivity index (χ2n) is 8.57. The molecule has 0 saturated carbocycles. The molecule has 0 saturated heterocycles. The fourth-order valence-corrected chi connectivity index (χ4v) is 4.50. The number of thioether (sulfide) groups is 1. The zero-order chi connectivity index (χ0) is 22.5. The van der Waals surface area contributed by atoms with Crippen molar-refractivity contribution in [3.63, 3.8) is 0 Å². The van der Waals surface area contributed by atoms with Gasteiger partial charge in [0.05, 0.1) is 0 Å². The Hall–Kier alpha value is -1.67. The average Bonchev–Trinajstić information content (AvgIpc) is 2.72. The number of rotatable bonds is 15. The molecule has 0 aromatic heterocycles. The van der Waals surface area contributed by atoms with Gasteiger partial charge >= 0.3 is 0 Å². The SMILES string of the molecule is C=C/C(=C\C)NC(=C)CCCC(C)CCc1ccc(SC(=C)C(C)CCC)c(C)c1. The predicted octanol–water partition coefficient (Wildman–Crippen LogP) is 8.97. The van der Waals surface area contributed by atoms with Crippen LogP contribution in [-0.4, -0.2) is 0 Å². The molecule has 166 valence electrons. The Balaban J connectivity index is 2.42. The summed E-state index contributed by atoms with van der Waals surface area (Å²) in [6, 6.07) is 6.96. The van der Waals surface area contributed by atoms with Crippen molar-refractivity contribution < 1.29 is 0 Å². The van der Waals surface area contributed by atoms with Gasteiger partial charge in [-0.25, -0.2) is 0 Å². The van der Waals surface area contributed by atoms with Crippen molar-refractivity contribution in [2.24, 2.45) is 11.8 Å². The Morgan fingerprint density at radius 3 is 2.50 bits per heavy atom. The summed E-state index contributed by atoms with van der Waals surface area (Å²) in [6.07, 6.45) is 12.1. The van der Waals surface area contributed by atoms with Crippen LogP contribution in [0.1, 0.15) is 77.3 Å². The largest absolute Gasteiger partial charge is 0.360 e. The first-order valence-electron chi connectivity index (χ1n) is 11.5. The van der Waals surface area contributed by atoms with Crippen molar-refractivity contribution in [2.75, 3.05) is 0 Å². The number of benzene rings is 1. The van der Waals surface area contributed by atoms with Crippen LogP contribution >= 0.6 is 11.8 Å². The summed E-state index contributed by atoms with van der Waals surface area (Å²) in [5, 5.41) is 3.33. The average molecular weight is 426 g/mol. The fraction of sp³-hybridized carbons (Fsp3) is 0.500. The second kappa shape index (κ2) is 14.4. The van der Waals surface area contributed by atoms with Gasteiger partial charge in [0.1, 0.15) is 0 Å². The van der Waals surface area contributed by atoms with Crippen LogP contribution in [0.25, 0.3) is 0 Å². The molecule has 1 N–H and O–H groups in total. The molecule has 2 atom stereocenters. The lowest BCUT2D eigenvalue weighted by atomic mass is 9.95. The maximum atomic E-state index is 4.30. The highest BCUT2D eigenvalue weighted by molar-refractivity contribution is 8.03. The molecule has 1 nitrogen and oxygen atoms in total. The number of allylic oxidation sites excluding steroid dienone is 4. The quantitative estimate of drug-likeness (QED) is 0.222. The van der Waals surface area contributed by atoms with Crippen LogP contribution in [0.5, 0.6) is 0 Å². The minimum atomic E-state index is 0.576. The minimum absolute atomic E-state index is 0.576. The van der Waals surface area contributed by atoms with E-state index < -0.39 is 0 Å². The van der Waals surface area contributed by atoms with Crippen molar-refractivity contribution in [1.82, 2.24) is 5.32 Å². The van der Waals surface area contributed by atoms with Gasteiger partial charge in [0.15, 0.2) is 0 Å². The maximum absolute atomic E-state index is 4.30. The molecule has 0 aliphatic rings. The molecule has 1 aromatic rings. The van der Waals surface area contributed by atoms with E-state index in [1.807, 2.05) is 30.8 Å². The molecule has 0 amide bonds. The van der Waals surface area contributed by atoms with Crippen LogP contribution in [0.4, 0.5) is 0 Å². The summed E-state index contributed by atoms with van der Waals surface area (Å²) in [5.41, 5.74) is 4.94. The lowest BCUT2D eigenvalue weighted by Crippen LogP contribution is -2.10. The van der Waals surface area contributed by atoms with E-state index in [1.54, 1.807) is 0 Å². The molecule has 2 heteroatoms. The highest BCUT2D eigenvalue weighted by Gasteiger charge is 2.10. The van der Waals surface area contributed by atoms with E-state index in [-0.39, 0.29) is 0 Å². The van der Waals surface area contributed by atoms with Crippen LogP contribution < -0.4 is 5.32 Å². The monoisotopic (exact) mass is 425 g/mol. The number of nitrogens with one attached hydrogen (secondary N) is 1. The summed E-state index contributed by atoms with van der Waals surface area (Å²) in [6.45, 7) is 23.4. The second-order valence-corrected chi connectivity index (χ2v) is 9.74. The van der Waals surface area contributed by atoms with E-state index in [1.165, 1.54) is 53.0 Å². The van der Waals surface area contributed by atoms with Crippen molar-refractivity contribution in [2.45, 2.75) is 84.5 Å². The number of aryl methyl sites for hydroxylation is 2. The first-order valence-corrected chi connectivity index (χ1v) is 12.3. The van der Waals surface area contributed by atoms with Crippen LogP contribution in [0.3, 0.4) is 0 Å². The van der Waals surface area contributed by atoms with Crippen LogP contribution in [0.15, 0.2) is 71.3 Å². The third kappa shape index (κ3) is 9.89. The first-order chi connectivity index (χ1) is 14.3. The predicted molar refractivity (Wildman–Crippen MR) is 138 cm³/mol. The van der Waals surface area contributed by atoms with Crippen LogP contribution in [-0.2, 0) is 6.42 Å². The Labute approximate surface area is 190 Å². The summed E-state index contributed by atoms with van der Waals surface area (Å²) >= 11 is 1.85. The number of hydrogen-bond acceptors (Lipinski definition) is 2. The lowest BCUT2D eigenvalue weighted by molar-refractivity contribution is 0.472. The van der Waals surface area contributed by atoms with Crippen LogP contribution in [0, 0.1) is 18.8 Å². The molecule has 0 radical (unpaired) electrons. The minimum Gasteiger partial charge on any atom is -0.360 e. The molecule has 0 fully saturated rings. The summed E-state index contributed by atoms with van der Waals surface area (Å²) in [4.78, 5) is 2.64. The van der Waals surface area contributed by atoms with E-state index in [4.69, 9.17) is 0 Å². The zero-order valence-corrected chi connectivity index (χ0v) is 20.8. The van der Waals surface area contributed by atoms with Gasteiger partial charge in [0.2, 0.25) is 0 Å². The molecule has 2 unspecified atom stereocenters. The fourth-order valence-electron chi connectivity index (χ4n) is 3.55. The molecule has 0 aliphatic heterocycles. The third-order valence-corrected chi connectivity index (χ3v) is 7.05. The normalized spacial score (nSPS) is 13.6. The summed E-state index contributed by atoms with van der Waals surface area (Å²) in [5.74, 6) is 1.30. The van der Waals surface area contributed by atoms with Crippen molar-refractivity contribution in [3.8, 4) is 0 Å². The van der Waals surface area contributed by atoms with E-state index in [0.717, 1.165) is 30.2 Å². The maximum Gasteiger partial charge on any atom is 0.0332 e. The molecular weight excluding hydrogens is 382 g/mol. The van der Waals surface area contributed by atoms with E-state index in [9.17, 15) is 0 Å². The van der Waals surface area contributed by atoms with E-state index in [2.05, 4.69) is 70.9 Å². The summed E-state index contributed by atoms with van der Waals surface area (Å²) < 4.78 is 0. The first kappa shape index (κ1) is 26.4. The molecule has 30 heavy (non-hydrogen) atoms. The van der Waals surface area contributed by atoms with Crippen molar-refractivity contribution in [3.05, 3.63) is 77.5 Å². The smallest absolute Gasteiger partial charge is 0.0332 e. The van der Waals surface area contributed by atoms with Gasteiger partial charge in [0, 0.05) is 16.3 Å². The van der Waals surface area contributed by atoms with E-state index >= 15 is 0 Å². The Morgan fingerprint density at radius 2 is 1.90 bits per heavy atom.